The van der Waals surface area contributed by atoms with E-state index in [1.807, 2.05) is 31.2 Å². The molecule has 0 bridgehead atoms. The molecule has 0 aromatic heterocycles. The average Bonchev–Trinajstić information content (AvgIpc) is 3.18. The minimum absolute atomic E-state index is 0.128. The summed E-state index contributed by atoms with van der Waals surface area (Å²) in [5.41, 5.74) is 2.59. The average molecular weight is 536 g/mol. The van der Waals surface area contributed by atoms with Crippen LogP contribution in [0.25, 0.3) is 5.76 Å². The van der Waals surface area contributed by atoms with E-state index in [9.17, 15) is 19.5 Å². The van der Waals surface area contributed by atoms with E-state index in [0.29, 0.717) is 22.6 Å². The Balaban J connectivity index is 1.92. The second-order valence-electron chi connectivity index (χ2n) is 8.69. The molecule has 3 aromatic carbocycles. The third-order valence-electron chi connectivity index (χ3n) is 6.45. The Hall–Kier alpha value is -4.30. The lowest BCUT2D eigenvalue weighted by Gasteiger charge is -2.26. The van der Waals surface area contributed by atoms with Crippen molar-refractivity contribution in [2.45, 2.75) is 25.8 Å². The number of anilines is 1. The molecule has 4 rings (SSSR count). The molecule has 1 atom stereocenters. The van der Waals surface area contributed by atoms with E-state index in [1.165, 1.54) is 31.3 Å². The summed E-state index contributed by atoms with van der Waals surface area (Å²) in [6.07, 6.45) is 0.617. The molecule has 0 spiro atoms. The zero-order valence-corrected chi connectivity index (χ0v) is 21.8. The number of ether oxygens (including phenoxy) is 2. The van der Waals surface area contributed by atoms with Gasteiger partial charge in [0, 0.05) is 11.8 Å². The molecule has 0 radical (unpaired) electrons. The minimum Gasteiger partial charge on any atom is -0.507 e. The number of aliphatic hydroxyl groups is 1. The smallest absolute Gasteiger partial charge is 0.307 e. The molecule has 38 heavy (non-hydrogen) atoms. The fourth-order valence-electron chi connectivity index (χ4n) is 4.49. The second-order valence-corrected chi connectivity index (χ2v) is 9.10. The van der Waals surface area contributed by atoms with Crippen molar-refractivity contribution in [1.29, 1.82) is 0 Å². The van der Waals surface area contributed by atoms with Crippen molar-refractivity contribution in [1.82, 2.24) is 0 Å². The number of carboxylic acids is 1. The van der Waals surface area contributed by atoms with Crippen LogP contribution in [-0.4, -0.2) is 42.1 Å². The second kappa shape index (κ2) is 11.0. The SMILES string of the molecule is CCc1ccc(C2/C(=C(\O)c3cc(Cl)c(OC)cc3OC)C(=O)C(=O)N2c2ccc(CC(=O)O)cc2)cc1. The molecule has 1 amide bonds. The number of aliphatic hydroxyl groups excluding tert-OH is 1. The Labute approximate surface area is 224 Å². The van der Waals surface area contributed by atoms with Crippen molar-refractivity contribution in [3.63, 3.8) is 0 Å². The number of Topliss-reactive ketones (excluding diaryl/α,β-unsaturated/α-hetero) is 1. The quantitative estimate of drug-likeness (QED) is 0.232. The summed E-state index contributed by atoms with van der Waals surface area (Å²) in [5, 5.41) is 20.8. The summed E-state index contributed by atoms with van der Waals surface area (Å²) in [5.74, 6) is -2.63. The zero-order valence-electron chi connectivity index (χ0n) is 21.0. The normalized spacial score (nSPS) is 16.5. The maximum absolute atomic E-state index is 13.4. The minimum atomic E-state index is -0.985. The number of nitrogens with zero attached hydrogens (tertiary/aromatic N) is 1. The summed E-state index contributed by atoms with van der Waals surface area (Å²) in [4.78, 5) is 39.2. The van der Waals surface area contributed by atoms with E-state index in [1.54, 1.807) is 24.3 Å². The first kappa shape index (κ1) is 26.8. The van der Waals surface area contributed by atoms with Gasteiger partial charge in [-0.1, -0.05) is 54.9 Å². The van der Waals surface area contributed by atoms with Crippen molar-refractivity contribution in [3.05, 3.63) is 93.5 Å². The van der Waals surface area contributed by atoms with Gasteiger partial charge >= 0.3 is 5.97 Å². The molecule has 0 aliphatic carbocycles. The van der Waals surface area contributed by atoms with Crippen LogP contribution in [0.5, 0.6) is 11.5 Å². The molecule has 3 aromatic rings. The number of carboxylic acid groups (broad SMARTS) is 1. The van der Waals surface area contributed by atoms with Crippen LogP contribution < -0.4 is 14.4 Å². The Kier molecular flexibility index (Phi) is 7.73. The van der Waals surface area contributed by atoms with Gasteiger partial charge in [-0.3, -0.25) is 19.3 Å². The van der Waals surface area contributed by atoms with Gasteiger partial charge in [-0.15, -0.1) is 0 Å². The van der Waals surface area contributed by atoms with E-state index in [4.69, 9.17) is 26.2 Å². The number of carbonyl (C=O) groups excluding carboxylic acids is 2. The molecule has 1 heterocycles. The molecule has 1 aliphatic rings. The van der Waals surface area contributed by atoms with Crippen molar-refractivity contribution in [2.75, 3.05) is 19.1 Å². The molecule has 1 unspecified atom stereocenters. The van der Waals surface area contributed by atoms with Gasteiger partial charge in [-0.2, -0.15) is 0 Å². The van der Waals surface area contributed by atoms with E-state index in [2.05, 4.69) is 0 Å². The van der Waals surface area contributed by atoms with E-state index in [-0.39, 0.29) is 28.3 Å². The number of halogens is 1. The number of amides is 1. The van der Waals surface area contributed by atoms with Crippen LogP contribution in [0.3, 0.4) is 0 Å². The summed E-state index contributed by atoms with van der Waals surface area (Å²) in [7, 11) is 2.84. The van der Waals surface area contributed by atoms with Crippen LogP contribution in [0, 0.1) is 0 Å². The maximum atomic E-state index is 13.4. The van der Waals surface area contributed by atoms with Gasteiger partial charge in [0.15, 0.2) is 0 Å². The van der Waals surface area contributed by atoms with Crippen LogP contribution in [0.4, 0.5) is 5.69 Å². The molecule has 1 aliphatic heterocycles. The van der Waals surface area contributed by atoms with Gasteiger partial charge in [0.1, 0.15) is 17.3 Å². The highest BCUT2D eigenvalue weighted by atomic mass is 35.5. The van der Waals surface area contributed by atoms with Gasteiger partial charge < -0.3 is 19.7 Å². The number of hydrogen-bond donors (Lipinski definition) is 2. The third-order valence-corrected chi connectivity index (χ3v) is 6.74. The van der Waals surface area contributed by atoms with Crippen LogP contribution in [-0.2, 0) is 27.2 Å². The number of aliphatic carboxylic acids is 1. The molecule has 0 saturated carbocycles. The Morgan fingerprint density at radius 3 is 2.08 bits per heavy atom. The number of aryl methyl sites for hydroxylation is 1. The number of methoxy groups -OCH3 is 2. The first-order valence-electron chi connectivity index (χ1n) is 11.8. The number of rotatable bonds is 8. The highest BCUT2D eigenvalue weighted by molar-refractivity contribution is 6.51. The zero-order chi connectivity index (χ0) is 27.6. The van der Waals surface area contributed by atoms with Crippen molar-refractivity contribution >= 4 is 40.7 Å². The van der Waals surface area contributed by atoms with Gasteiger partial charge in [0.25, 0.3) is 11.7 Å². The third kappa shape index (κ3) is 4.95. The Morgan fingerprint density at radius 1 is 0.921 bits per heavy atom. The van der Waals surface area contributed by atoms with Crippen LogP contribution in [0.2, 0.25) is 5.02 Å². The molecular formula is C29H26ClNO7. The number of hydrogen-bond acceptors (Lipinski definition) is 6. The maximum Gasteiger partial charge on any atom is 0.307 e. The van der Waals surface area contributed by atoms with Gasteiger partial charge in [-0.05, 0) is 41.3 Å². The molecule has 9 heteroatoms. The fourth-order valence-corrected chi connectivity index (χ4v) is 4.73. The molecule has 1 saturated heterocycles. The Bertz CT molecular complexity index is 1430. The topological polar surface area (TPSA) is 113 Å². The molecule has 196 valence electrons. The fraction of sp³-hybridized carbons (Fsp3) is 0.207. The predicted octanol–water partition coefficient (Wildman–Crippen LogP) is 5.17. The number of benzene rings is 3. The van der Waals surface area contributed by atoms with E-state index in [0.717, 1.165) is 12.0 Å². The first-order chi connectivity index (χ1) is 18.2. The van der Waals surface area contributed by atoms with Gasteiger partial charge in [-0.25, -0.2) is 0 Å². The number of ketones is 1. The summed E-state index contributed by atoms with van der Waals surface area (Å²) >= 11 is 6.32. The van der Waals surface area contributed by atoms with Gasteiger partial charge in [0.2, 0.25) is 0 Å². The lowest BCUT2D eigenvalue weighted by molar-refractivity contribution is -0.136. The van der Waals surface area contributed by atoms with Crippen molar-refractivity contribution in [2.24, 2.45) is 0 Å². The summed E-state index contributed by atoms with van der Waals surface area (Å²) in [6, 6.07) is 15.7. The summed E-state index contributed by atoms with van der Waals surface area (Å²) in [6.45, 7) is 2.01. The molecule has 8 nitrogen and oxygen atoms in total. The highest BCUT2D eigenvalue weighted by Gasteiger charge is 2.47. The van der Waals surface area contributed by atoms with Crippen LogP contribution in [0.15, 0.2) is 66.2 Å². The molecule has 1 fully saturated rings. The standard InChI is InChI=1S/C29H26ClNO7/c1-4-16-5-9-18(10-6-16)26-25(27(34)20-14-21(30)23(38-3)15-22(20)37-2)28(35)29(36)31(26)19-11-7-17(8-12-19)13-24(32)33/h5-12,14-15,26,34H,4,13H2,1-3H3,(H,32,33)/b27-25+. The Morgan fingerprint density at radius 2 is 1.53 bits per heavy atom. The van der Waals surface area contributed by atoms with Crippen molar-refractivity contribution in [3.8, 4) is 11.5 Å². The largest absolute Gasteiger partial charge is 0.507 e. The van der Waals surface area contributed by atoms with Crippen LogP contribution >= 0.6 is 11.6 Å². The van der Waals surface area contributed by atoms with Crippen LogP contribution in [0.1, 0.15) is 35.2 Å². The highest BCUT2D eigenvalue weighted by Crippen LogP contribution is 2.44. The number of carbonyl (C=O) groups is 3. The first-order valence-corrected chi connectivity index (χ1v) is 12.2. The summed E-state index contributed by atoms with van der Waals surface area (Å²) < 4.78 is 10.7. The monoisotopic (exact) mass is 535 g/mol. The predicted molar refractivity (Wildman–Crippen MR) is 143 cm³/mol. The molecule has 2 N–H and O–H groups in total. The van der Waals surface area contributed by atoms with Gasteiger partial charge in [0.05, 0.1) is 42.8 Å². The lowest BCUT2D eigenvalue weighted by Crippen LogP contribution is -2.29. The molecular weight excluding hydrogens is 510 g/mol. The van der Waals surface area contributed by atoms with E-state index >= 15 is 0 Å². The van der Waals surface area contributed by atoms with E-state index < -0.39 is 29.5 Å². The lowest BCUT2D eigenvalue weighted by atomic mass is 9.94. The van der Waals surface area contributed by atoms with Crippen molar-refractivity contribution < 1.29 is 34.1 Å².